The van der Waals surface area contributed by atoms with Crippen molar-refractivity contribution in [2.24, 2.45) is 0 Å². The molecule has 0 heterocycles. The Kier molecular flexibility index (Phi) is 7.02. The zero-order valence-corrected chi connectivity index (χ0v) is 15.3. The van der Waals surface area contributed by atoms with Crippen LogP contribution in [0.5, 0.6) is 0 Å². The number of benzene rings is 2. The molecule has 0 aliphatic rings. The summed E-state index contributed by atoms with van der Waals surface area (Å²) in [4.78, 5) is 26.9. The van der Waals surface area contributed by atoms with Gasteiger partial charge in [0.25, 0.3) is 0 Å². The van der Waals surface area contributed by atoms with E-state index in [0.717, 1.165) is 11.1 Å². The number of halogens is 1. The second-order valence-electron chi connectivity index (χ2n) is 5.85. The first-order chi connectivity index (χ1) is 12.0. The maximum Gasteiger partial charge on any atom is 0.242 e. The lowest BCUT2D eigenvalue weighted by Crippen LogP contribution is -2.48. The Morgan fingerprint density at radius 3 is 2.36 bits per heavy atom. The van der Waals surface area contributed by atoms with E-state index in [1.54, 1.807) is 24.1 Å². The summed E-state index contributed by atoms with van der Waals surface area (Å²) in [7, 11) is 1.59. The van der Waals surface area contributed by atoms with E-state index in [4.69, 9.17) is 11.6 Å². The molecular weight excluding hydrogens is 336 g/mol. The van der Waals surface area contributed by atoms with Gasteiger partial charge in [-0.3, -0.25) is 9.59 Å². The van der Waals surface area contributed by atoms with E-state index in [1.165, 1.54) is 0 Å². The van der Waals surface area contributed by atoms with Crippen LogP contribution in [-0.2, 0) is 22.6 Å². The molecule has 0 radical (unpaired) electrons. The molecule has 2 aromatic carbocycles. The molecule has 2 aromatic rings. The topological polar surface area (TPSA) is 49.4 Å². The number of carbonyl (C=O) groups excluding carboxylic acids is 2. The van der Waals surface area contributed by atoms with Crippen molar-refractivity contribution < 1.29 is 9.59 Å². The van der Waals surface area contributed by atoms with Gasteiger partial charge in [-0.25, -0.2) is 0 Å². The van der Waals surface area contributed by atoms with Gasteiger partial charge in [0.1, 0.15) is 6.04 Å². The Bertz CT molecular complexity index is 719. The first-order valence-corrected chi connectivity index (χ1v) is 8.72. The average Bonchev–Trinajstić information content (AvgIpc) is 2.62. The molecule has 25 heavy (non-hydrogen) atoms. The maximum atomic E-state index is 13.0. The Morgan fingerprint density at radius 2 is 1.76 bits per heavy atom. The minimum absolute atomic E-state index is 0.0958. The Labute approximate surface area is 153 Å². The van der Waals surface area contributed by atoms with Crippen LogP contribution < -0.4 is 5.32 Å². The average molecular weight is 359 g/mol. The fourth-order valence-electron chi connectivity index (χ4n) is 2.79. The highest BCUT2D eigenvalue weighted by Crippen LogP contribution is 2.16. The van der Waals surface area contributed by atoms with Crippen molar-refractivity contribution in [1.82, 2.24) is 10.2 Å². The number of likely N-dealkylation sites (N-methyl/N-ethyl adjacent to an activating group) is 1. The van der Waals surface area contributed by atoms with E-state index < -0.39 is 6.04 Å². The Morgan fingerprint density at radius 1 is 1.08 bits per heavy atom. The van der Waals surface area contributed by atoms with Crippen molar-refractivity contribution >= 4 is 23.4 Å². The van der Waals surface area contributed by atoms with Crippen molar-refractivity contribution in [3.8, 4) is 0 Å². The third-order valence-electron chi connectivity index (χ3n) is 4.07. The summed E-state index contributed by atoms with van der Waals surface area (Å²) in [5.41, 5.74) is 1.83. The fraction of sp³-hybridized carbons (Fsp3) is 0.300. The van der Waals surface area contributed by atoms with Crippen LogP contribution in [0, 0.1) is 0 Å². The van der Waals surface area contributed by atoms with Crippen LogP contribution in [0.2, 0.25) is 5.02 Å². The Hall–Kier alpha value is -2.33. The van der Waals surface area contributed by atoms with Crippen LogP contribution in [0.4, 0.5) is 0 Å². The van der Waals surface area contributed by atoms with Gasteiger partial charge in [0.05, 0.1) is 6.42 Å². The predicted molar refractivity (Wildman–Crippen MR) is 100 cm³/mol. The van der Waals surface area contributed by atoms with Crippen LogP contribution in [-0.4, -0.2) is 29.8 Å². The van der Waals surface area contributed by atoms with Crippen molar-refractivity contribution in [3.63, 3.8) is 0 Å². The summed E-state index contributed by atoms with van der Waals surface area (Å²) in [6.07, 6.45) is 0.759. The number of carbonyl (C=O) groups is 2. The fourth-order valence-corrected chi connectivity index (χ4v) is 3.00. The van der Waals surface area contributed by atoms with E-state index in [2.05, 4.69) is 5.32 Å². The van der Waals surface area contributed by atoms with Crippen LogP contribution >= 0.6 is 11.6 Å². The third-order valence-corrected chi connectivity index (χ3v) is 4.31. The molecule has 1 atom stereocenters. The molecule has 2 amide bonds. The van der Waals surface area contributed by atoms with E-state index in [9.17, 15) is 9.59 Å². The van der Waals surface area contributed by atoms with E-state index >= 15 is 0 Å². The molecular formula is C20H23ClN2O2. The van der Waals surface area contributed by atoms with Crippen molar-refractivity contribution in [2.45, 2.75) is 32.4 Å². The third kappa shape index (κ3) is 5.33. The molecule has 0 saturated carbocycles. The SMILES string of the molecule is CCC(C(=O)NC)N(Cc1ccccc1)C(=O)Cc1cccc(Cl)c1. The molecule has 0 aromatic heterocycles. The lowest BCUT2D eigenvalue weighted by atomic mass is 10.1. The van der Waals surface area contributed by atoms with Crippen LogP contribution in [0.3, 0.4) is 0 Å². The van der Waals surface area contributed by atoms with Gasteiger partial charge in [0.15, 0.2) is 0 Å². The minimum Gasteiger partial charge on any atom is -0.357 e. The van der Waals surface area contributed by atoms with Gasteiger partial charge < -0.3 is 10.2 Å². The summed E-state index contributed by atoms with van der Waals surface area (Å²) in [6.45, 7) is 2.30. The highest BCUT2D eigenvalue weighted by atomic mass is 35.5. The summed E-state index contributed by atoms with van der Waals surface area (Å²) in [5, 5.41) is 3.25. The zero-order chi connectivity index (χ0) is 18.2. The number of amides is 2. The molecule has 1 unspecified atom stereocenters. The first-order valence-electron chi connectivity index (χ1n) is 8.34. The summed E-state index contributed by atoms with van der Waals surface area (Å²) in [5.74, 6) is -0.251. The van der Waals surface area contributed by atoms with E-state index in [1.807, 2.05) is 49.4 Å². The number of nitrogens with one attached hydrogen (secondary N) is 1. The first kappa shape index (κ1) is 19.0. The largest absolute Gasteiger partial charge is 0.357 e. The molecule has 0 aliphatic carbocycles. The van der Waals surface area contributed by atoms with Crippen LogP contribution in [0.15, 0.2) is 54.6 Å². The molecule has 0 spiro atoms. The van der Waals surface area contributed by atoms with Gasteiger partial charge >= 0.3 is 0 Å². The molecule has 1 N–H and O–H groups in total. The summed E-state index contributed by atoms with van der Waals surface area (Å²) in [6, 6.07) is 16.4. The monoisotopic (exact) mass is 358 g/mol. The molecule has 0 aliphatic heterocycles. The minimum atomic E-state index is -0.503. The highest BCUT2D eigenvalue weighted by Gasteiger charge is 2.27. The van der Waals surface area contributed by atoms with Gasteiger partial charge in [-0.2, -0.15) is 0 Å². The predicted octanol–water partition coefficient (Wildman–Crippen LogP) is 3.44. The van der Waals surface area contributed by atoms with Gasteiger partial charge in [-0.05, 0) is 29.7 Å². The van der Waals surface area contributed by atoms with E-state index in [-0.39, 0.29) is 18.2 Å². The molecule has 5 heteroatoms. The van der Waals surface area contributed by atoms with Gasteiger partial charge in [-0.15, -0.1) is 0 Å². The van der Waals surface area contributed by atoms with Crippen LogP contribution in [0.25, 0.3) is 0 Å². The number of hydrogen-bond acceptors (Lipinski definition) is 2. The lowest BCUT2D eigenvalue weighted by molar-refractivity contribution is -0.140. The molecule has 4 nitrogen and oxygen atoms in total. The van der Waals surface area contributed by atoms with Crippen LogP contribution in [0.1, 0.15) is 24.5 Å². The maximum absolute atomic E-state index is 13.0. The smallest absolute Gasteiger partial charge is 0.242 e. The molecule has 0 saturated heterocycles. The summed E-state index contributed by atoms with van der Waals surface area (Å²) >= 11 is 6.01. The molecule has 0 bridgehead atoms. The normalized spacial score (nSPS) is 11.6. The van der Waals surface area contributed by atoms with Crippen molar-refractivity contribution in [2.75, 3.05) is 7.05 Å². The number of hydrogen-bond donors (Lipinski definition) is 1. The quantitative estimate of drug-likeness (QED) is 0.824. The second kappa shape index (κ2) is 9.23. The van der Waals surface area contributed by atoms with Gasteiger partial charge in [0, 0.05) is 18.6 Å². The Balaban J connectivity index is 2.25. The highest BCUT2D eigenvalue weighted by molar-refractivity contribution is 6.30. The van der Waals surface area contributed by atoms with Crippen molar-refractivity contribution in [3.05, 3.63) is 70.7 Å². The van der Waals surface area contributed by atoms with Crippen molar-refractivity contribution in [1.29, 1.82) is 0 Å². The summed E-state index contributed by atoms with van der Waals surface area (Å²) < 4.78 is 0. The molecule has 2 rings (SSSR count). The number of rotatable bonds is 7. The molecule has 0 fully saturated rings. The zero-order valence-electron chi connectivity index (χ0n) is 14.5. The lowest BCUT2D eigenvalue weighted by Gasteiger charge is -2.30. The standard InChI is InChI=1S/C20H23ClN2O2/c1-3-18(20(25)22-2)23(14-15-8-5-4-6-9-15)19(24)13-16-10-7-11-17(21)12-16/h4-12,18H,3,13-14H2,1-2H3,(H,22,25). The molecule has 132 valence electrons. The second-order valence-corrected chi connectivity index (χ2v) is 6.29. The van der Waals surface area contributed by atoms with Gasteiger partial charge in [-0.1, -0.05) is 61.0 Å². The van der Waals surface area contributed by atoms with E-state index in [0.29, 0.717) is 18.0 Å². The van der Waals surface area contributed by atoms with Gasteiger partial charge in [0.2, 0.25) is 11.8 Å². The number of nitrogens with zero attached hydrogens (tertiary/aromatic N) is 1.